The highest BCUT2D eigenvalue weighted by molar-refractivity contribution is 5.65. The summed E-state index contributed by atoms with van der Waals surface area (Å²) < 4.78 is 0. The summed E-state index contributed by atoms with van der Waals surface area (Å²) in [7, 11) is 0. The molecular weight excluding hydrogens is 288 g/mol. The number of non-ortho nitro benzene ring substituents is 1. The summed E-state index contributed by atoms with van der Waals surface area (Å²) in [6, 6.07) is 12.7. The number of hydrogen-bond acceptors (Lipinski definition) is 7. The van der Waals surface area contributed by atoms with Gasteiger partial charge in [-0.3, -0.25) is 10.1 Å². The predicted molar refractivity (Wildman–Crippen MR) is 80.4 cm³/mol. The SMILES string of the molecule is O=[N+]([O-])c1ccc(N=Nc2ccccc2NCC(O)O)cc1. The number of para-hydroxylation sites is 1. The summed E-state index contributed by atoms with van der Waals surface area (Å²) in [4.78, 5) is 10.1. The van der Waals surface area contributed by atoms with E-state index in [0.717, 1.165) is 0 Å². The van der Waals surface area contributed by atoms with Crippen LogP contribution in [-0.4, -0.2) is 28.0 Å². The van der Waals surface area contributed by atoms with Gasteiger partial charge in [-0.2, -0.15) is 5.11 Å². The lowest BCUT2D eigenvalue weighted by molar-refractivity contribution is -0.384. The normalized spacial score (nSPS) is 11.0. The Labute approximate surface area is 125 Å². The molecule has 3 N–H and O–H groups in total. The van der Waals surface area contributed by atoms with E-state index in [4.69, 9.17) is 10.2 Å². The van der Waals surface area contributed by atoms with Crippen molar-refractivity contribution in [2.75, 3.05) is 11.9 Å². The van der Waals surface area contributed by atoms with Crippen molar-refractivity contribution in [1.82, 2.24) is 0 Å². The quantitative estimate of drug-likeness (QED) is 0.328. The summed E-state index contributed by atoms with van der Waals surface area (Å²) in [5, 5.41) is 39.2. The van der Waals surface area contributed by atoms with Crippen molar-refractivity contribution in [1.29, 1.82) is 0 Å². The molecule has 114 valence electrons. The van der Waals surface area contributed by atoms with Gasteiger partial charge in [0, 0.05) is 12.1 Å². The van der Waals surface area contributed by atoms with E-state index in [2.05, 4.69) is 15.5 Å². The molecule has 22 heavy (non-hydrogen) atoms. The van der Waals surface area contributed by atoms with Gasteiger partial charge >= 0.3 is 0 Å². The number of hydrogen-bond donors (Lipinski definition) is 3. The Kier molecular flexibility index (Phi) is 5.12. The Balaban J connectivity index is 2.14. The molecule has 0 aromatic heterocycles. The molecule has 0 aliphatic heterocycles. The number of nitro groups is 1. The molecule has 0 radical (unpaired) electrons. The second kappa shape index (κ2) is 7.25. The number of nitro benzene ring substituents is 1. The van der Waals surface area contributed by atoms with E-state index in [1.807, 2.05) is 0 Å². The number of aliphatic hydroxyl groups is 2. The van der Waals surface area contributed by atoms with Crippen LogP contribution < -0.4 is 5.32 Å². The Morgan fingerprint density at radius 2 is 1.77 bits per heavy atom. The second-order valence-electron chi connectivity index (χ2n) is 4.35. The number of anilines is 1. The zero-order valence-corrected chi connectivity index (χ0v) is 11.5. The summed E-state index contributed by atoms with van der Waals surface area (Å²) in [5.74, 6) is 0. The third kappa shape index (κ3) is 4.33. The van der Waals surface area contributed by atoms with Gasteiger partial charge in [0.05, 0.1) is 22.8 Å². The fraction of sp³-hybridized carbons (Fsp3) is 0.143. The topological polar surface area (TPSA) is 120 Å². The van der Waals surface area contributed by atoms with Crippen molar-refractivity contribution in [2.45, 2.75) is 6.29 Å². The molecule has 2 aromatic carbocycles. The van der Waals surface area contributed by atoms with Crippen molar-refractivity contribution in [3.05, 3.63) is 58.6 Å². The van der Waals surface area contributed by atoms with Crippen LogP contribution in [0.1, 0.15) is 0 Å². The van der Waals surface area contributed by atoms with Gasteiger partial charge in [-0.05, 0) is 24.3 Å². The van der Waals surface area contributed by atoms with Gasteiger partial charge in [0.25, 0.3) is 5.69 Å². The van der Waals surface area contributed by atoms with E-state index in [9.17, 15) is 10.1 Å². The van der Waals surface area contributed by atoms with Gasteiger partial charge < -0.3 is 15.5 Å². The second-order valence-corrected chi connectivity index (χ2v) is 4.35. The zero-order valence-electron chi connectivity index (χ0n) is 11.5. The average molecular weight is 302 g/mol. The fourth-order valence-electron chi connectivity index (χ4n) is 1.66. The summed E-state index contributed by atoms with van der Waals surface area (Å²) >= 11 is 0. The van der Waals surface area contributed by atoms with Crippen molar-refractivity contribution in [3.8, 4) is 0 Å². The maximum atomic E-state index is 10.6. The molecule has 0 aliphatic carbocycles. The number of nitrogens with one attached hydrogen (secondary N) is 1. The van der Waals surface area contributed by atoms with E-state index in [0.29, 0.717) is 17.1 Å². The van der Waals surface area contributed by atoms with Gasteiger partial charge in [-0.15, -0.1) is 5.11 Å². The van der Waals surface area contributed by atoms with Crippen LogP contribution in [0.5, 0.6) is 0 Å². The Morgan fingerprint density at radius 3 is 2.41 bits per heavy atom. The smallest absolute Gasteiger partial charge is 0.269 e. The predicted octanol–water partition coefficient (Wildman–Crippen LogP) is 2.73. The van der Waals surface area contributed by atoms with E-state index < -0.39 is 11.2 Å². The lowest BCUT2D eigenvalue weighted by atomic mass is 10.2. The van der Waals surface area contributed by atoms with Gasteiger partial charge in [0.2, 0.25) is 0 Å². The molecule has 8 nitrogen and oxygen atoms in total. The molecule has 0 saturated carbocycles. The molecule has 0 spiro atoms. The minimum absolute atomic E-state index is 0.0158. The first-order valence-corrected chi connectivity index (χ1v) is 6.41. The van der Waals surface area contributed by atoms with E-state index in [1.165, 1.54) is 24.3 Å². The van der Waals surface area contributed by atoms with Crippen LogP contribution in [0, 0.1) is 10.1 Å². The first-order chi connectivity index (χ1) is 10.6. The lowest BCUT2D eigenvalue weighted by Gasteiger charge is -2.09. The molecule has 0 amide bonds. The maximum absolute atomic E-state index is 10.6. The summed E-state index contributed by atoms with van der Waals surface area (Å²) in [6.07, 6.45) is -1.47. The van der Waals surface area contributed by atoms with Gasteiger partial charge in [0.1, 0.15) is 5.69 Å². The van der Waals surface area contributed by atoms with Crippen LogP contribution in [0.3, 0.4) is 0 Å². The molecule has 0 bridgehead atoms. The van der Waals surface area contributed by atoms with Crippen LogP contribution in [0.2, 0.25) is 0 Å². The van der Waals surface area contributed by atoms with Crippen molar-refractivity contribution in [3.63, 3.8) is 0 Å². The van der Waals surface area contributed by atoms with Crippen molar-refractivity contribution < 1.29 is 15.1 Å². The van der Waals surface area contributed by atoms with Crippen LogP contribution >= 0.6 is 0 Å². The maximum Gasteiger partial charge on any atom is 0.269 e. The molecule has 2 aromatic rings. The van der Waals surface area contributed by atoms with E-state index in [1.54, 1.807) is 24.3 Å². The number of rotatable bonds is 6. The Morgan fingerprint density at radius 1 is 1.09 bits per heavy atom. The molecule has 2 rings (SSSR count). The fourth-order valence-corrected chi connectivity index (χ4v) is 1.66. The number of aliphatic hydroxyl groups excluding tert-OH is 1. The molecule has 8 heteroatoms. The molecule has 0 saturated heterocycles. The first kappa shape index (κ1) is 15.5. The third-order valence-electron chi connectivity index (χ3n) is 2.71. The minimum Gasteiger partial charge on any atom is -0.378 e. The zero-order chi connectivity index (χ0) is 15.9. The molecule has 0 atom stereocenters. The number of benzene rings is 2. The molecule has 0 heterocycles. The van der Waals surface area contributed by atoms with Crippen LogP contribution in [0.25, 0.3) is 0 Å². The summed E-state index contributed by atoms with van der Waals surface area (Å²) in [5.41, 5.74) is 1.57. The van der Waals surface area contributed by atoms with Crippen LogP contribution in [0.4, 0.5) is 22.7 Å². The van der Waals surface area contributed by atoms with Gasteiger partial charge in [0.15, 0.2) is 6.29 Å². The number of nitrogens with zero attached hydrogens (tertiary/aromatic N) is 3. The molecule has 0 fully saturated rings. The van der Waals surface area contributed by atoms with E-state index in [-0.39, 0.29) is 12.2 Å². The van der Waals surface area contributed by atoms with Gasteiger partial charge in [-0.1, -0.05) is 12.1 Å². The lowest BCUT2D eigenvalue weighted by Crippen LogP contribution is -2.18. The van der Waals surface area contributed by atoms with Gasteiger partial charge in [-0.25, -0.2) is 0 Å². The minimum atomic E-state index is -1.47. The van der Waals surface area contributed by atoms with Crippen LogP contribution in [-0.2, 0) is 0 Å². The largest absolute Gasteiger partial charge is 0.378 e. The molecule has 0 unspecified atom stereocenters. The monoisotopic (exact) mass is 302 g/mol. The van der Waals surface area contributed by atoms with Crippen molar-refractivity contribution in [2.24, 2.45) is 10.2 Å². The Hall–Kier alpha value is -2.84. The third-order valence-corrected chi connectivity index (χ3v) is 2.71. The first-order valence-electron chi connectivity index (χ1n) is 6.41. The number of azo groups is 1. The van der Waals surface area contributed by atoms with Crippen LogP contribution in [0.15, 0.2) is 58.8 Å². The molecular formula is C14H14N4O4. The standard InChI is InChI=1S/C14H14N4O4/c19-14(20)9-15-12-3-1-2-4-13(12)17-16-10-5-7-11(8-6-10)18(21)22/h1-8,14-15,19-20H,9H2. The highest BCUT2D eigenvalue weighted by Gasteiger charge is 2.04. The van der Waals surface area contributed by atoms with Crippen molar-refractivity contribution >= 4 is 22.7 Å². The Bertz CT molecular complexity index is 671. The molecule has 0 aliphatic rings. The highest BCUT2D eigenvalue weighted by atomic mass is 16.6. The van der Waals surface area contributed by atoms with E-state index >= 15 is 0 Å². The highest BCUT2D eigenvalue weighted by Crippen LogP contribution is 2.27. The summed E-state index contributed by atoms with van der Waals surface area (Å²) in [6.45, 7) is -0.0376. The average Bonchev–Trinajstić information content (AvgIpc) is 2.52.